The summed E-state index contributed by atoms with van der Waals surface area (Å²) in [5, 5.41) is -0.925. The van der Waals surface area contributed by atoms with Crippen LogP contribution < -0.4 is 0 Å². The third-order valence-corrected chi connectivity index (χ3v) is 3.55. The van der Waals surface area contributed by atoms with Gasteiger partial charge in [-0.1, -0.05) is 0 Å². The number of halogens is 1. The van der Waals surface area contributed by atoms with E-state index in [0.717, 1.165) is 0 Å². The van der Waals surface area contributed by atoms with Crippen LogP contribution in [0, 0.1) is 0 Å². The first kappa shape index (κ1) is 9.91. The molecular formula is C5H9ClO3S. The van der Waals surface area contributed by atoms with E-state index in [2.05, 4.69) is 0 Å². The lowest BCUT2D eigenvalue weighted by atomic mass is 10.5. The maximum atomic E-state index is 10.8. The number of carbonyl (C=O) groups excluding carboxylic acids is 1. The zero-order valence-corrected chi connectivity index (χ0v) is 7.15. The maximum absolute atomic E-state index is 10.8. The van der Waals surface area contributed by atoms with Gasteiger partial charge in [-0.15, -0.1) is 11.6 Å². The van der Waals surface area contributed by atoms with Gasteiger partial charge in [0.05, 0.1) is 5.75 Å². The monoisotopic (exact) mass is 184 g/mol. The first-order chi connectivity index (χ1) is 4.54. The summed E-state index contributed by atoms with van der Waals surface area (Å²) in [7, 11) is -3.26. The van der Waals surface area contributed by atoms with Crippen molar-refractivity contribution in [2.45, 2.75) is 12.2 Å². The van der Waals surface area contributed by atoms with Gasteiger partial charge in [0.2, 0.25) is 0 Å². The Kier molecular flexibility index (Phi) is 3.89. The fraction of sp³-hybridized carbons (Fsp3) is 0.800. The van der Waals surface area contributed by atoms with Gasteiger partial charge < -0.3 is 4.79 Å². The number of alkyl halides is 1. The molecule has 5 heteroatoms. The molecule has 0 aliphatic heterocycles. The van der Waals surface area contributed by atoms with Gasteiger partial charge in [-0.2, -0.15) is 0 Å². The standard InChI is InChI=1S/C5H9ClO3S/c1-5(4-7)10(8,9)3-2-6/h4-5H,2-3H2,1H3. The van der Waals surface area contributed by atoms with E-state index >= 15 is 0 Å². The third kappa shape index (κ3) is 2.66. The molecule has 0 heterocycles. The van der Waals surface area contributed by atoms with Gasteiger partial charge in [0.15, 0.2) is 9.84 Å². The Morgan fingerprint density at radius 1 is 1.60 bits per heavy atom. The van der Waals surface area contributed by atoms with Gasteiger partial charge in [0.25, 0.3) is 0 Å². The molecule has 0 saturated heterocycles. The molecule has 60 valence electrons. The molecule has 0 aromatic heterocycles. The number of hydrogen-bond acceptors (Lipinski definition) is 3. The first-order valence-corrected chi connectivity index (χ1v) is 5.02. The van der Waals surface area contributed by atoms with E-state index in [1.165, 1.54) is 6.92 Å². The Balaban J connectivity index is 4.26. The number of aldehydes is 1. The minimum atomic E-state index is -3.26. The highest BCUT2D eigenvalue weighted by atomic mass is 35.5. The largest absolute Gasteiger partial charge is 0.302 e. The molecule has 0 aromatic rings. The molecule has 3 nitrogen and oxygen atoms in total. The van der Waals surface area contributed by atoms with Crippen molar-refractivity contribution < 1.29 is 13.2 Å². The van der Waals surface area contributed by atoms with Gasteiger partial charge in [0, 0.05) is 5.88 Å². The van der Waals surface area contributed by atoms with E-state index in [1.54, 1.807) is 0 Å². The maximum Gasteiger partial charge on any atom is 0.160 e. The minimum absolute atomic E-state index is 0.0422. The van der Waals surface area contributed by atoms with Crippen molar-refractivity contribution in [2.24, 2.45) is 0 Å². The molecule has 0 saturated carbocycles. The van der Waals surface area contributed by atoms with Crippen LogP contribution in [0.1, 0.15) is 6.92 Å². The molecule has 10 heavy (non-hydrogen) atoms. The minimum Gasteiger partial charge on any atom is -0.302 e. The van der Waals surface area contributed by atoms with E-state index in [-0.39, 0.29) is 11.6 Å². The van der Waals surface area contributed by atoms with E-state index in [9.17, 15) is 13.2 Å². The lowest BCUT2D eigenvalue weighted by Crippen LogP contribution is -2.22. The van der Waals surface area contributed by atoms with Crippen LogP contribution in [0.2, 0.25) is 0 Å². The molecule has 1 unspecified atom stereocenters. The fourth-order valence-electron chi connectivity index (χ4n) is 0.378. The lowest BCUT2D eigenvalue weighted by Gasteiger charge is -2.02. The van der Waals surface area contributed by atoms with Crippen molar-refractivity contribution in [3.05, 3.63) is 0 Å². The van der Waals surface area contributed by atoms with Gasteiger partial charge in [-0.3, -0.25) is 0 Å². The van der Waals surface area contributed by atoms with Crippen molar-refractivity contribution in [3.63, 3.8) is 0 Å². The summed E-state index contributed by atoms with van der Waals surface area (Å²) in [5.41, 5.74) is 0. The summed E-state index contributed by atoms with van der Waals surface area (Å²) in [4.78, 5) is 10.0. The normalized spacial score (nSPS) is 14.6. The van der Waals surface area contributed by atoms with E-state index in [4.69, 9.17) is 11.6 Å². The highest BCUT2D eigenvalue weighted by Gasteiger charge is 2.18. The van der Waals surface area contributed by atoms with Crippen LogP contribution >= 0.6 is 11.6 Å². The van der Waals surface area contributed by atoms with Crippen molar-refractivity contribution >= 4 is 27.7 Å². The Morgan fingerprint density at radius 3 is 2.40 bits per heavy atom. The van der Waals surface area contributed by atoms with Crippen LogP contribution in [0.5, 0.6) is 0 Å². The quantitative estimate of drug-likeness (QED) is 0.464. The second-order valence-electron chi connectivity index (χ2n) is 1.90. The first-order valence-electron chi connectivity index (χ1n) is 2.77. The van der Waals surface area contributed by atoms with Crippen LogP contribution in [0.4, 0.5) is 0 Å². The van der Waals surface area contributed by atoms with Gasteiger partial charge in [-0.05, 0) is 6.92 Å². The lowest BCUT2D eigenvalue weighted by molar-refractivity contribution is -0.107. The number of sulfone groups is 1. The molecule has 0 bridgehead atoms. The second kappa shape index (κ2) is 3.93. The second-order valence-corrected chi connectivity index (χ2v) is 4.75. The zero-order valence-electron chi connectivity index (χ0n) is 5.58. The highest BCUT2D eigenvalue weighted by Crippen LogP contribution is 1.99. The Labute approximate surface area is 65.3 Å². The average Bonchev–Trinajstić information content (AvgIpc) is 1.86. The highest BCUT2D eigenvalue weighted by molar-refractivity contribution is 7.92. The van der Waals surface area contributed by atoms with Gasteiger partial charge >= 0.3 is 0 Å². The van der Waals surface area contributed by atoms with E-state index in [1.807, 2.05) is 0 Å². The van der Waals surface area contributed by atoms with Crippen LogP contribution in [-0.2, 0) is 14.6 Å². The Bertz CT molecular complexity index is 197. The van der Waals surface area contributed by atoms with Crippen molar-refractivity contribution in [3.8, 4) is 0 Å². The average molecular weight is 185 g/mol. The summed E-state index contributed by atoms with van der Waals surface area (Å²) >= 11 is 5.19. The molecule has 0 rings (SSSR count). The van der Waals surface area contributed by atoms with Crippen molar-refractivity contribution in [1.82, 2.24) is 0 Å². The summed E-state index contributed by atoms with van der Waals surface area (Å²) in [5.74, 6) is -0.0883. The number of hydrogen-bond donors (Lipinski definition) is 0. The summed E-state index contributed by atoms with van der Waals surface area (Å²) in [6, 6.07) is 0. The fourth-order valence-corrected chi connectivity index (χ4v) is 1.78. The van der Waals surface area contributed by atoms with Crippen molar-refractivity contribution in [1.29, 1.82) is 0 Å². The molecule has 0 aliphatic carbocycles. The van der Waals surface area contributed by atoms with E-state index in [0.29, 0.717) is 6.29 Å². The van der Waals surface area contributed by atoms with Crippen molar-refractivity contribution in [2.75, 3.05) is 11.6 Å². The summed E-state index contributed by atoms with van der Waals surface area (Å²) < 4.78 is 21.7. The molecule has 0 aromatic carbocycles. The van der Waals surface area contributed by atoms with E-state index < -0.39 is 15.1 Å². The van der Waals surface area contributed by atoms with Crippen LogP contribution in [0.3, 0.4) is 0 Å². The predicted molar refractivity (Wildman–Crippen MR) is 40.0 cm³/mol. The zero-order chi connectivity index (χ0) is 8.20. The van der Waals surface area contributed by atoms with Gasteiger partial charge in [-0.25, -0.2) is 8.42 Å². The number of rotatable bonds is 4. The van der Waals surface area contributed by atoms with Gasteiger partial charge in [0.1, 0.15) is 11.5 Å². The summed E-state index contributed by atoms with van der Waals surface area (Å²) in [6.45, 7) is 1.34. The Morgan fingerprint density at radius 2 is 2.10 bits per heavy atom. The molecule has 0 fully saturated rings. The predicted octanol–water partition coefficient (Wildman–Crippen LogP) is 0.227. The molecule has 0 aliphatic rings. The molecule has 0 N–H and O–H groups in total. The summed E-state index contributed by atoms with van der Waals surface area (Å²) in [6.07, 6.45) is 0.405. The van der Waals surface area contributed by atoms with Crippen LogP contribution in [-0.4, -0.2) is 31.6 Å². The molecule has 0 amide bonds. The smallest absolute Gasteiger partial charge is 0.160 e. The molecule has 1 atom stereocenters. The SMILES string of the molecule is CC(C=O)S(=O)(=O)CCCl. The molecule has 0 radical (unpaired) electrons. The van der Waals surface area contributed by atoms with Crippen LogP contribution in [0.25, 0.3) is 0 Å². The van der Waals surface area contributed by atoms with Crippen LogP contribution in [0.15, 0.2) is 0 Å². The number of carbonyl (C=O) groups is 1. The topological polar surface area (TPSA) is 51.2 Å². The molecule has 0 spiro atoms. The Hall–Kier alpha value is -0.0900. The molecular weight excluding hydrogens is 176 g/mol. The third-order valence-electron chi connectivity index (χ3n) is 1.12.